The van der Waals surface area contributed by atoms with Crippen LogP contribution in [0.1, 0.15) is 41.8 Å². The zero-order valence-corrected chi connectivity index (χ0v) is 26.3. The summed E-state index contributed by atoms with van der Waals surface area (Å²) in [6.45, 7) is 7.06. The number of hydrogen-bond acceptors (Lipinski definition) is 10. The molecular formula is C34H40N4O8. The Morgan fingerprint density at radius 1 is 1.07 bits per heavy atom. The third kappa shape index (κ3) is 5.16. The number of benzene rings is 2. The molecule has 0 saturated heterocycles. The van der Waals surface area contributed by atoms with Crippen LogP contribution in [0.3, 0.4) is 0 Å². The molecule has 1 saturated carbocycles. The molecule has 2 aromatic rings. The van der Waals surface area contributed by atoms with E-state index < -0.39 is 58.0 Å². The molecule has 0 radical (unpaired) electrons. The minimum atomic E-state index is -2.70. The molecule has 3 aliphatic carbocycles. The highest BCUT2D eigenvalue weighted by Crippen LogP contribution is 2.53. The summed E-state index contributed by atoms with van der Waals surface area (Å²) in [7, 11) is 3.10. The van der Waals surface area contributed by atoms with Gasteiger partial charge >= 0.3 is 0 Å². The molecule has 4 atom stereocenters. The predicted molar refractivity (Wildman–Crippen MR) is 170 cm³/mol. The number of primary amides is 1. The molecule has 0 aliphatic heterocycles. The van der Waals surface area contributed by atoms with Gasteiger partial charge in [0.15, 0.2) is 11.4 Å². The highest BCUT2D eigenvalue weighted by molar-refractivity contribution is 6.24. The van der Waals surface area contributed by atoms with Gasteiger partial charge in [-0.05, 0) is 80.8 Å². The van der Waals surface area contributed by atoms with Crippen LogP contribution >= 0.6 is 0 Å². The number of Topliss-reactive ketones (excluding diaryl/α,β-unsaturated/α-hetero) is 2. The average molecular weight is 633 g/mol. The number of phenols is 1. The van der Waals surface area contributed by atoms with E-state index in [0.717, 1.165) is 13.1 Å². The fourth-order valence-electron chi connectivity index (χ4n) is 7.31. The molecule has 0 spiro atoms. The highest BCUT2D eigenvalue weighted by Gasteiger charge is 2.64. The third-order valence-corrected chi connectivity index (χ3v) is 9.65. The van der Waals surface area contributed by atoms with Crippen LogP contribution in [-0.2, 0) is 20.8 Å². The van der Waals surface area contributed by atoms with Crippen molar-refractivity contribution < 1.29 is 39.6 Å². The van der Waals surface area contributed by atoms with Gasteiger partial charge in [0.2, 0.25) is 5.78 Å². The molecule has 2 aromatic carbocycles. The third-order valence-electron chi connectivity index (χ3n) is 9.65. The molecule has 12 nitrogen and oxygen atoms in total. The Morgan fingerprint density at radius 2 is 1.76 bits per heavy atom. The maximum absolute atomic E-state index is 14.1. The first-order valence-electron chi connectivity index (χ1n) is 15.4. The van der Waals surface area contributed by atoms with Gasteiger partial charge in [0, 0.05) is 30.1 Å². The van der Waals surface area contributed by atoms with Gasteiger partial charge in [-0.1, -0.05) is 32.0 Å². The minimum absolute atomic E-state index is 0.0112. The van der Waals surface area contributed by atoms with Gasteiger partial charge in [-0.15, -0.1) is 0 Å². The van der Waals surface area contributed by atoms with Crippen LogP contribution in [0.4, 0.5) is 0 Å². The summed E-state index contributed by atoms with van der Waals surface area (Å²) >= 11 is 0. The van der Waals surface area contributed by atoms with Gasteiger partial charge in [0.05, 0.1) is 11.6 Å². The summed E-state index contributed by atoms with van der Waals surface area (Å²) in [6, 6.07) is 8.83. The molecule has 2 amide bonds. The van der Waals surface area contributed by atoms with Crippen molar-refractivity contribution in [3.63, 3.8) is 0 Å². The van der Waals surface area contributed by atoms with Crippen LogP contribution in [0.25, 0.3) is 16.9 Å². The first-order chi connectivity index (χ1) is 21.8. The van der Waals surface area contributed by atoms with Crippen LogP contribution in [0.2, 0.25) is 0 Å². The largest absolute Gasteiger partial charge is 0.508 e. The van der Waals surface area contributed by atoms with E-state index in [1.165, 1.54) is 11.0 Å². The van der Waals surface area contributed by atoms with Crippen molar-refractivity contribution >= 4 is 29.1 Å². The van der Waals surface area contributed by atoms with Crippen LogP contribution in [0.5, 0.6) is 5.75 Å². The summed E-state index contributed by atoms with van der Waals surface area (Å²) in [5.74, 6) is -7.30. The van der Waals surface area contributed by atoms with E-state index in [1.807, 2.05) is 0 Å². The number of nitrogens with zero attached hydrogens (tertiary/aromatic N) is 2. The zero-order valence-electron chi connectivity index (χ0n) is 26.3. The number of carbonyl (C=O) groups is 4. The quantitative estimate of drug-likeness (QED) is 0.222. The molecule has 5 rings (SSSR count). The molecule has 244 valence electrons. The smallest absolute Gasteiger partial charge is 0.255 e. The Hall–Kier alpha value is -4.52. The van der Waals surface area contributed by atoms with Crippen LogP contribution in [-0.4, -0.2) is 106 Å². The molecular weight excluding hydrogens is 592 g/mol. The number of aliphatic hydroxyl groups excluding tert-OH is 2. The lowest BCUT2D eigenvalue weighted by molar-refractivity contribution is -0.153. The Labute approximate surface area is 266 Å². The topological polar surface area (TPSA) is 194 Å². The minimum Gasteiger partial charge on any atom is -0.508 e. The van der Waals surface area contributed by atoms with Crippen molar-refractivity contribution in [3.05, 3.63) is 70.0 Å². The number of nitrogens with two attached hydrogens (primary N) is 1. The number of likely N-dealkylation sites (N-methyl/N-ethyl adjacent to an activating group) is 2. The molecule has 0 heterocycles. The number of aromatic hydroxyl groups is 1. The van der Waals surface area contributed by atoms with E-state index in [4.69, 9.17) is 5.73 Å². The second-order valence-electron chi connectivity index (χ2n) is 12.3. The molecule has 46 heavy (non-hydrogen) atoms. The van der Waals surface area contributed by atoms with Crippen LogP contribution in [0.15, 0.2) is 53.3 Å². The molecule has 3 aliphatic rings. The van der Waals surface area contributed by atoms with E-state index >= 15 is 0 Å². The lowest BCUT2D eigenvalue weighted by Gasteiger charge is -2.50. The van der Waals surface area contributed by atoms with Gasteiger partial charge in [-0.2, -0.15) is 0 Å². The van der Waals surface area contributed by atoms with Crippen LogP contribution in [0, 0.1) is 11.8 Å². The number of hydrogen-bond donors (Lipinski definition) is 6. The fraction of sp³-hybridized carbons (Fsp3) is 0.412. The first kappa shape index (κ1) is 32.9. The number of rotatable bonds is 9. The number of aliphatic hydroxyl groups is 3. The second kappa shape index (κ2) is 12.3. The number of ketones is 2. The van der Waals surface area contributed by atoms with Crippen LogP contribution < -0.4 is 11.1 Å². The number of phenolic OH excluding ortho intramolecular Hbond substituents is 1. The molecule has 12 heteroatoms. The summed E-state index contributed by atoms with van der Waals surface area (Å²) in [6.07, 6.45) is 0.119. The summed E-state index contributed by atoms with van der Waals surface area (Å²) in [5, 5.41) is 48.2. The maximum Gasteiger partial charge on any atom is 0.255 e. The van der Waals surface area contributed by atoms with Gasteiger partial charge in [-0.25, -0.2) is 0 Å². The Morgan fingerprint density at radius 3 is 2.39 bits per heavy atom. The average Bonchev–Trinajstić information content (AvgIpc) is 3.01. The summed E-state index contributed by atoms with van der Waals surface area (Å²) in [5.41, 5.74) is 3.80. The monoisotopic (exact) mass is 632 g/mol. The van der Waals surface area contributed by atoms with Gasteiger partial charge in [0.1, 0.15) is 22.8 Å². The van der Waals surface area contributed by atoms with E-state index in [1.54, 1.807) is 44.4 Å². The van der Waals surface area contributed by atoms with Crippen molar-refractivity contribution in [2.45, 2.75) is 38.3 Å². The van der Waals surface area contributed by atoms with E-state index in [2.05, 4.69) is 24.1 Å². The number of amides is 2. The van der Waals surface area contributed by atoms with Crippen molar-refractivity contribution in [1.29, 1.82) is 0 Å². The predicted octanol–water partition coefficient (Wildman–Crippen LogP) is 1.70. The molecule has 0 aromatic heterocycles. The summed E-state index contributed by atoms with van der Waals surface area (Å²) in [4.78, 5) is 56.3. The maximum atomic E-state index is 14.1. The normalized spacial score (nSPS) is 24.2. The van der Waals surface area contributed by atoms with Gasteiger partial charge < -0.3 is 36.4 Å². The molecule has 1 fully saturated rings. The Balaban J connectivity index is 1.57. The zero-order chi connectivity index (χ0) is 33.7. The Bertz CT molecular complexity index is 1690. The lowest BCUT2D eigenvalue weighted by Crippen LogP contribution is -2.65. The van der Waals surface area contributed by atoms with Crippen molar-refractivity contribution in [2.24, 2.45) is 17.6 Å². The number of fused-ring (bicyclic) bond motifs is 3. The SMILES string of the molecule is CCN(CC)CCNC(=O)c1cccc(-c2ccc(O)c3c2C[C@H]2C[C@H]4[C@H](N(C)C)C(=O)C(C(N)=O)=C(O)[C@@]4(O)C(=O)C2=C3O)c1. The molecule has 0 unspecified atom stereocenters. The second-order valence-corrected chi connectivity index (χ2v) is 12.3. The number of nitrogens with one attached hydrogen (secondary N) is 1. The van der Waals surface area contributed by atoms with E-state index in [9.17, 15) is 39.6 Å². The summed E-state index contributed by atoms with van der Waals surface area (Å²) < 4.78 is 0. The molecule has 7 N–H and O–H groups in total. The van der Waals surface area contributed by atoms with Gasteiger partial charge in [0.25, 0.3) is 11.8 Å². The lowest BCUT2D eigenvalue weighted by atomic mass is 9.57. The molecule has 0 bridgehead atoms. The number of carbonyl (C=O) groups excluding carboxylic acids is 4. The standard InChI is InChI=1S/C34H40N4O8/c1-5-38(6-2)13-12-36-33(45)18-9-7-8-17(14-18)20-10-11-23(39)25-21(20)15-19-16-22-27(37(3)4)29(41)26(32(35)44)31(43)34(22,46)30(42)24(19)28(25)40/h7-11,14,19,22,27,39-40,43,46H,5-6,12-13,15-16H2,1-4H3,(H2,35,44)(H,36,45)/t19-,22-,27-,34-/m0/s1. The first-order valence-corrected chi connectivity index (χ1v) is 15.4. The fourth-order valence-corrected chi connectivity index (χ4v) is 7.31. The van der Waals surface area contributed by atoms with E-state index in [0.29, 0.717) is 35.3 Å². The van der Waals surface area contributed by atoms with Crippen molar-refractivity contribution in [3.8, 4) is 16.9 Å². The van der Waals surface area contributed by atoms with E-state index in [-0.39, 0.29) is 35.6 Å². The highest BCUT2D eigenvalue weighted by atomic mass is 16.3. The van der Waals surface area contributed by atoms with Crippen molar-refractivity contribution in [1.82, 2.24) is 15.1 Å². The van der Waals surface area contributed by atoms with Crippen molar-refractivity contribution in [2.75, 3.05) is 40.3 Å². The Kier molecular flexibility index (Phi) is 8.82. The van der Waals surface area contributed by atoms with Gasteiger partial charge in [-0.3, -0.25) is 24.1 Å².